The monoisotopic (exact) mass is 338 g/mol. The lowest BCUT2D eigenvalue weighted by molar-refractivity contribution is -0.132. The summed E-state index contributed by atoms with van der Waals surface area (Å²) in [5.41, 5.74) is 0.756. The van der Waals surface area contributed by atoms with Gasteiger partial charge in [-0.15, -0.1) is 10.2 Å². The van der Waals surface area contributed by atoms with Crippen LogP contribution in [-0.4, -0.2) is 34.2 Å². The number of hydrogen-bond acceptors (Lipinski definition) is 6. The maximum atomic E-state index is 11.0. The first kappa shape index (κ1) is 14.2. The first-order valence-electron chi connectivity index (χ1n) is 5.55. The van der Waals surface area contributed by atoms with E-state index in [9.17, 15) is 4.79 Å². The third kappa shape index (κ3) is 3.41. The number of benzene rings is 1. The summed E-state index contributed by atoms with van der Waals surface area (Å²) in [6, 6.07) is 3.35. The molecule has 0 aliphatic carbocycles. The van der Waals surface area contributed by atoms with Gasteiger partial charge in [0.25, 0.3) is 0 Å². The van der Waals surface area contributed by atoms with E-state index in [2.05, 4.69) is 31.2 Å². The molecule has 0 spiro atoms. The Hall–Kier alpha value is -2.22. The number of halogens is 1. The molecule has 0 aliphatic heterocycles. The van der Waals surface area contributed by atoms with Gasteiger partial charge in [0.2, 0.25) is 0 Å². The van der Waals surface area contributed by atoms with Gasteiger partial charge in [0, 0.05) is 17.0 Å². The van der Waals surface area contributed by atoms with Gasteiger partial charge < -0.3 is 9.47 Å². The van der Waals surface area contributed by atoms with Gasteiger partial charge in [-0.2, -0.15) is 5.10 Å². The van der Waals surface area contributed by atoms with Crippen LogP contribution in [-0.2, 0) is 4.79 Å². The first-order chi connectivity index (χ1) is 9.60. The molecule has 1 heterocycles. The van der Waals surface area contributed by atoms with Gasteiger partial charge in [-0.25, -0.2) is 4.68 Å². The molecule has 1 aromatic carbocycles. The summed E-state index contributed by atoms with van der Waals surface area (Å²) >= 11 is 3.39. The second kappa shape index (κ2) is 6.29. The summed E-state index contributed by atoms with van der Waals surface area (Å²) in [6.07, 6.45) is 4.54. The minimum atomic E-state index is -0.416. The van der Waals surface area contributed by atoms with Crippen LogP contribution in [0.1, 0.15) is 12.5 Å². The number of carbonyl (C=O) groups is 1. The maximum Gasteiger partial charge on any atom is 0.308 e. The van der Waals surface area contributed by atoms with E-state index in [1.54, 1.807) is 18.3 Å². The normalized spacial score (nSPS) is 10.8. The third-order valence-electron chi connectivity index (χ3n) is 2.27. The molecule has 2 aromatic rings. The number of nitrogens with zero attached hydrogens (tertiary/aromatic N) is 4. The van der Waals surface area contributed by atoms with Crippen LogP contribution < -0.4 is 9.47 Å². The van der Waals surface area contributed by atoms with Gasteiger partial charge in [-0.3, -0.25) is 4.79 Å². The predicted octanol–water partition coefficient (Wildman–Crippen LogP) is 1.86. The highest BCUT2D eigenvalue weighted by atomic mass is 79.9. The zero-order chi connectivity index (χ0) is 14.5. The summed E-state index contributed by atoms with van der Waals surface area (Å²) in [5, 5.41) is 11.4. The molecule has 0 aliphatic rings. The molecular weight excluding hydrogens is 328 g/mol. The van der Waals surface area contributed by atoms with Crippen LogP contribution in [0.15, 0.2) is 34.4 Å². The van der Waals surface area contributed by atoms with Crippen LogP contribution in [0.3, 0.4) is 0 Å². The van der Waals surface area contributed by atoms with Crippen molar-refractivity contribution in [2.45, 2.75) is 6.92 Å². The third-order valence-corrected chi connectivity index (χ3v) is 2.96. The quantitative estimate of drug-likeness (QED) is 0.483. The van der Waals surface area contributed by atoms with Crippen molar-refractivity contribution in [3.8, 4) is 11.5 Å². The molecule has 0 amide bonds. The van der Waals surface area contributed by atoms with Crippen molar-refractivity contribution in [1.29, 1.82) is 0 Å². The Morgan fingerprint density at radius 1 is 1.35 bits per heavy atom. The SMILES string of the molecule is COc1cc(/C=N/n2cnnc2)c(Br)cc1OC(C)=O. The van der Waals surface area contributed by atoms with Crippen molar-refractivity contribution in [2.24, 2.45) is 5.10 Å². The van der Waals surface area contributed by atoms with Crippen LogP contribution >= 0.6 is 15.9 Å². The Bertz CT molecular complexity index is 640. The summed E-state index contributed by atoms with van der Waals surface area (Å²) in [4.78, 5) is 11.0. The van der Waals surface area contributed by atoms with Gasteiger partial charge in [-0.1, -0.05) is 0 Å². The molecule has 104 valence electrons. The fraction of sp³-hybridized carbons (Fsp3) is 0.167. The van der Waals surface area contributed by atoms with Gasteiger partial charge in [0.1, 0.15) is 12.7 Å². The number of aromatic nitrogens is 3. The lowest BCUT2D eigenvalue weighted by atomic mass is 10.2. The first-order valence-corrected chi connectivity index (χ1v) is 6.34. The lowest BCUT2D eigenvalue weighted by Crippen LogP contribution is -2.04. The Morgan fingerprint density at radius 3 is 2.65 bits per heavy atom. The van der Waals surface area contributed by atoms with Crippen LogP contribution in [0.4, 0.5) is 0 Å². The van der Waals surface area contributed by atoms with Crippen molar-refractivity contribution in [3.63, 3.8) is 0 Å². The van der Waals surface area contributed by atoms with Gasteiger partial charge in [0.05, 0.1) is 13.3 Å². The minimum absolute atomic E-state index is 0.341. The molecule has 0 saturated carbocycles. The lowest BCUT2D eigenvalue weighted by Gasteiger charge is -2.10. The highest BCUT2D eigenvalue weighted by molar-refractivity contribution is 9.10. The molecule has 0 atom stereocenters. The molecule has 0 N–H and O–H groups in total. The van der Waals surface area contributed by atoms with Crippen molar-refractivity contribution in [1.82, 2.24) is 14.9 Å². The van der Waals surface area contributed by atoms with Crippen LogP contribution in [0, 0.1) is 0 Å². The standard InChI is InChI=1S/C12H11BrN4O3/c1-8(18)20-12-4-10(13)9(3-11(12)19-2)5-16-17-6-14-15-7-17/h3-7H,1-2H3/b16-5+. The Kier molecular flexibility index (Phi) is 4.46. The molecule has 0 radical (unpaired) electrons. The van der Waals surface area contributed by atoms with Crippen molar-refractivity contribution in [3.05, 3.63) is 34.8 Å². The van der Waals surface area contributed by atoms with Crippen molar-refractivity contribution < 1.29 is 14.3 Å². The molecule has 0 bridgehead atoms. The zero-order valence-electron chi connectivity index (χ0n) is 10.8. The highest BCUT2D eigenvalue weighted by Gasteiger charge is 2.11. The number of carbonyl (C=O) groups excluding carboxylic acids is 1. The zero-order valence-corrected chi connectivity index (χ0v) is 12.4. The van der Waals surface area contributed by atoms with E-state index in [0.717, 1.165) is 5.56 Å². The summed E-state index contributed by atoms with van der Waals surface area (Å²) in [5.74, 6) is 0.364. The Balaban J connectivity index is 2.32. The predicted molar refractivity (Wildman–Crippen MR) is 75.0 cm³/mol. The largest absolute Gasteiger partial charge is 0.493 e. The molecule has 2 rings (SSSR count). The molecule has 0 unspecified atom stereocenters. The van der Waals surface area contributed by atoms with Gasteiger partial charge in [-0.05, 0) is 28.1 Å². The van der Waals surface area contributed by atoms with Gasteiger partial charge >= 0.3 is 5.97 Å². The number of ether oxygens (including phenoxy) is 2. The van der Waals surface area contributed by atoms with E-state index in [4.69, 9.17) is 9.47 Å². The minimum Gasteiger partial charge on any atom is -0.493 e. The number of rotatable bonds is 4. The van der Waals surface area contributed by atoms with Crippen LogP contribution in [0.5, 0.6) is 11.5 Å². The molecule has 7 nitrogen and oxygen atoms in total. The van der Waals surface area contributed by atoms with Crippen molar-refractivity contribution in [2.75, 3.05) is 7.11 Å². The number of esters is 1. The number of methoxy groups -OCH3 is 1. The molecule has 8 heteroatoms. The number of hydrogen-bond donors (Lipinski definition) is 0. The van der Waals surface area contributed by atoms with E-state index in [1.165, 1.54) is 31.4 Å². The average Bonchev–Trinajstić information content (AvgIpc) is 2.90. The Morgan fingerprint density at radius 2 is 2.05 bits per heavy atom. The summed E-state index contributed by atoms with van der Waals surface area (Å²) in [7, 11) is 1.50. The second-order valence-electron chi connectivity index (χ2n) is 3.70. The van der Waals surface area contributed by atoms with E-state index in [0.29, 0.717) is 16.0 Å². The molecule has 20 heavy (non-hydrogen) atoms. The van der Waals surface area contributed by atoms with E-state index >= 15 is 0 Å². The topological polar surface area (TPSA) is 78.6 Å². The maximum absolute atomic E-state index is 11.0. The second-order valence-corrected chi connectivity index (χ2v) is 4.56. The molecule has 0 saturated heterocycles. The summed E-state index contributed by atoms with van der Waals surface area (Å²) < 4.78 is 12.4. The van der Waals surface area contributed by atoms with Crippen LogP contribution in [0.25, 0.3) is 0 Å². The highest BCUT2D eigenvalue weighted by Crippen LogP contribution is 2.33. The van der Waals surface area contributed by atoms with Crippen molar-refractivity contribution >= 4 is 28.1 Å². The summed E-state index contributed by atoms with van der Waals surface area (Å²) in [6.45, 7) is 1.33. The Labute approximate surface area is 123 Å². The van der Waals surface area contributed by atoms with Crippen LogP contribution in [0.2, 0.25) is 0 Å². The van der Waals surface area contributed by atoms with E-state index in [1.807, 2.05) is 0 Å². The average molecular weight is 339 g/mol. The molecule has 1 aromatic heterocycles. The fourth-order valence-corrected chi connectivity index (χ4v) is 1.85. The van der Waals surface area contributed by atoms with E-state index in [-0.39, 0.29) is 0 Å². The fourth-order valence-electron chi connectivity index (χ4n) is 1.43. The molecular formula is C12H11BrN4O3. The molecule has 0 fully saturated rings. The van der Waals surface area contributed by atoms with Gasteiger partial charge in [0.15, 0.2) is 11.5 Å². The smallest absolute Gasteiger partial charge is 0.308 e. The van der Waals surface area contributed by atoms with E-state index < -0.39 is 5.97 Å².